The number of carbonyl (C=O) groups is 4. The average molecular weight is 827 g/mol. The number of H-pyrrole nitrogens is 2. The van der Waals surface area contributed by atoms with Gasteiger partial charge in [-0.25, -0.2) is 19.6 Å². The Morgan fingerprint density at radius 2 is 1.21 bits per heavy atom. The van der Waals surface area contributed by atoms with Gasteiger partial charge in [0.05, 0.1) is 35.9 Å². The molecule has 2 aliphatic heterocycles. The van der Waals surface area contributed by atoms with Crippen molar-refractivity contribution in [3.8, 4) is 33.6 Å². The van der Waals surface area contributed by atoms with Crippen LogP contribution in [0.25, 0.3) is 33.6 Å². The van der Waals surface area contributed by atoms with E-state index in [9.17, 15) is 19.2 Å². The van der Waals surface area contributed by atoms with Crippen LogP contribution in [0.5, 0.6) is 0 Å². The summed E-state index contributed by atoms with van der Waals surface area (Å²) in [4.78, 5) is 71.6. The smallest absolute Gasteiger partial charge is 0.407 e. The Hall–Kier alpha value is -6.44. The van der Waals surface area contributed by atoms with Crippen LogP contribution in [0.1, 0.15) is 108 Å². The maximum Gasteiger partial charge on any atom is 0.407 e. The van der Waals surface area contributed by atoms with Crippen LogP contribution in [0.2, 0.25) is 0 Å². The summed E-state index contributed by atoms with van der Waals surface area (Å²) in [5.74, 6) is 1.27. The molecular formula is C47H54N8O6. The van der Waals surface area contributed by atoms with Crippen LogP contribution in [0.3, 0.4) is 0 Å². The standard InChI is InChI=1S/C47H54N8O6/c1-47(2,3)61-46(59)51-35-23-21-34(22-24-35)43(56)54-25-7-11-38(54)41-49-27-36(52-41)31-17-13-29(14-18-31)30-15-19-32(20-16-30)37-28-50-42(53-37)39-12-8-26-55(39)44(57)40(60-45(48)58)33-9-5-4-6-10-33/h4-6,9-10,13-20,27-28,34-35,38-40H,7-8,11-12,21-26H2,1-3H3,(H2,48,58)(H,49,52)(H,50,53)(H,51,59)/t34-,35+,38-,39-,40+/m0/s1. The molecule has 4 heterocycles. The molecule has 0 unspecified atom stereocenters. The van der Waals surface area contributed by atoms with Gasteiger partial charge < -0.3 is 40.3 Å². The predicted octanol–water partition coefficient (Wildman–Crippen LogP) is 8.38. The number of ether oxygens (including phenoxy) is 2. The Morgan fingerprint density at radius 3 is 1.74 bits per heavy atom. The lowest BCUT2D eigenvalue weighted by Gasteiger charge is -2.33. The van der Waals surface area contributed by atoms with Gasteiger partial charge in [-0.2, -0.15) is 0 Å². The van der Waals surface area contributed by atoms with E-state index >= 15 is 0 Å². The second-order valence-electron chi connectivity index (χ2n) is 17.3. The number of hydrogen-bond donors (Lipinski definition) is 4. The molecule has 2 aromatic heterocycles. The molecule has 0 bridgehead atoms. The minimum atomic E-state index is -1.13. The first-order chi connectivity index (χ1) is 29.4. The monoisotopic (exact) mass is 826 g/mol. The predicted molar refractivity (Wildman–Crippen MR) is 229 cm³/mol. The quantitative estimate of drug-likeness (QED) is 0.108. The number of rotatable bonds is 10. The number of imidazole rings is 2. The molecule has 2 saturated heterocycles. The maximum absolute atomic E-state index is 13.8. The van der Waals surface area contributed by atoms with Crippen LogP contribution >= 0.6 is 0 Å². The number of carbonyl (C=O) groups excluding carboxylic acids is 4. The average Bonchev–Trinajstić information content (AvgIpc) is 4.10. The maximum atomic E-state index is 13.8. The van der Waals surface area contributed by atoms with Gasteiger partial charge in [-0.1, -0.05) is 78.9 Å². The Kier molecular flexibility index (Phi) is 12.0. The third-order valence-electron chi connectivity index (χ3n) is 12.0. The fourth-order valence-electron chi connectivity index (χ4n) is 8.97. The molecular weight excluding hydrogens is 773 g/mol. The van der Waals surface area contributed by atoms with Gasteiger partial charge in [0.1, 0.15) is 17.2 Å². The molecule has 14 nitrogen and oxygen atoms in total. The summed E-state index contributed by atoms with van der Waals surface area (Å²) in [7, 11) is 0. The number of hydrogen-bond acceptors (Lipinski definition) is 8. The van der Waals surface area contributed by atoms with E-state index in [0.29, 0.717) is 17.9 Å². The summed E-state index contributed by atoms with van der Waals surface area (Å²) in [6, 6.07) is 25.1. The van der Waals surface area contributed by atoms with Crippen molar-refractivity contribution in [2.24, 2.45) is 11.7 Å². The second kappa shape index (κ2) is 17.6. The first-order valence-electron chi connectivity index (χ1n) is 21.3. The van der Waals surface area contributed by atoms with Crippen LogP contribution in [-0.2, 0) is 19.1 Å². The van der Waals surface area contributed by atoms with E-state index in [-0.39, 0.29) is 35.9 Å². The van der Waals surface area contributed by atoms with Crippen LogP contribution in [0, 0.1) is 5.92 Å². The fourth-order valence-corrected chi connectivity index (χ4v) is 8.97. The minimum absolute atomic E-state index is 0.0195. The van der Waals surface area contributed by atoms with Gasteiger partial charge in [0.25, 0.3) is 5.91 Å². The Labute approximate surface area is 355 Å². The fraction of sp³-hybridized carbons (Fsp3) is 0.404. The molecule has 3 fully saturated rings. The van der Waals surface area contributed by atoms with Gasteiger partial charge >= 0.3 is 12.2 Å². The highest BCUT2D eigenvalue weighted by atomic mass is 16.6. The highest BCUT2D eigenvalue weighted by Gasteiger charge is 2.39. The zero-order valence-electron chi connectivity index (χ0n) is 34.9. The highest BCUT2D eigenvalue weighted by molar-refractivity contribution is 5.85. The summed E-state index contributed by atoms with van der Waals surface area (Å²) in [6.07, 6.45) is 7.40. The minimum Gasteiger partial charge on any atom is -0.444 e. The normalized spacial score (nSPS) is 20.9. The molecule has 14 heteroatoms. The zero-order valence-corrected chi connectivity index (χ0v) is 34.9. The molecule has 5 N–H and O–H groups in total. The number of nitrogens with one attached hydrogen (secondary N) is 3. The van der Waals surface area contributed by atoms with Crippen LogP contribution in [0.15, 0.2) is 91.3 Å². The Morgan fingerprint density at radius 1 is 0.705 bits per heavy atom. The van der Waals surface area contributed by atoms with Gasteiger partial charge in [0, 0.05) is 30.6 Å². The molecule has 5 aromatic rings. The van der Waals surface area contributed by atoms with Crippen molar-refractivity contribution in [3.63, 3.8) is 0 Å². The summed E-state index contributed by atoms with van der Waals surface area (Å²) in [5, 5.41) is 2.97. The summed E-state index contributed by atoms with van der Waals surface area (Å²) >= 11 is 0. The highest BCUT2D eigenvalue weighted by Crippen LogP contribution is 2.37. The number of benzene rings is 3. The zero-order chi connectivity index (χ0) is 42.7. The number of aromatic nitrogens is 4. The van der Waals surface area contributed by atoms with Crippen molar-refractivity contribution in [1.82, 2.24) is 35.1 Å². The third kappa shape index (κ3) is 9.48. The topological polar surface area (TPSA) is 189 Å². The van der Waals surface area contributed by atoms with Crippen molar-refractivity contribution >= 4 is 24.0 Å². The molecule has 0 radical (unpaired) electrons. The molecule has 4 amide bonds. The van der Waals surface area contributed by atoms with Gasteiger partial charge in [-0.15, -0.1) is 0 Å². The molecule has 3 aromatic carbocycles. The Bertz CT molecular complexity index is 2330. The van der Waals surface area contributed by atoms with Crippen molar-refractivity contribution in [3.05, 3.63) is 108 Å². The van der Waals surface area contributed by atoms with E-state index < -0.39 is 23.9 Å². The van der Waals surface area contributed by atoms with Crippen LogP contribution in [0.4, 0.5) is 9.59 Å². The van der Waals surface area contributed by atoms with E-state index in [2.05, 4.69) is 56.7 Å². The number of amides is 4. The number of nitrogens with zero attached hydrogens (tertiary/aromatic N) is 4. The van der Waals surface area contributed by atoms with Crippen LogP contribution < -0.4 is 11.1 Å². The number of alkyl carbamates (subject to hydrolysis) is 1. The molecule has 0 spiro atoms. The lowest BCUT2D eigenvalue weighted by molar-refractivity contribution is -0.141. The Balaban J connectivity index is 0.873. The SMILES string of the molecule is CC(C)(C)OC(=O)N[C@H]1CC[C@@H](C(=O)N2CCC[C@H]2c2ncc(-c3ccc(-c4ccc(-c5cnc([C@@H]6CCCN6C(=O)[C@H](OC(N)=O)c6ccccc6)[nH]5)cc4)cc3)[nH]2)CC1. The molecule has 1 saturated carbocycles. The van der Waals surface area contributed by atoms with E-state index in [0.717, 1.165) is 97.4 Å². The van der Waals surface area contributed by atoms with Crippen molar-refractivity contribution < 1.29 is 28.7 Å². The van der Waals surface area contributed by atoms with Crippen molar-refractivity contribution in [2.45, 2.75) is 102 Å². The number of aromatic amines is 2. The van der Waals surface area contributed by atoms with Gasteiger partial charge in [0.15, 0.2) is 0 Å². The number of likely N-dealkylation sites (tertiary alicyclic amines) is 2. The third-order valence-corrected chi connectivity index (χ3v) is 12.0. The molecule has 3 atom stereocenters. The number of primary amides is 1. The summed E-state index contributed by atoms with van der Waals surface area (Å²) in [6.45, 7) is 6.78. The van der Waals surface area contributed by atoms with Crippen molar-refractivity contribution in [1.29, 1.82) is 0 Å². The summed E-state index contributed by atoms with van der Waals surface area (Å²) in [5.41, 5.74) is 11.2. The van der Waals surface area contributed by atoms with E-state index in [1.54, 1.807) is 35.4 Å². The first kappa shape index (κ1) is 41.3. The molecule has 1 aliphatic carbocycles. The largest absolute Gasteiger partial charge is 0.444 e. The van der Waals surface area contributed by atoms with E-state index in [1.807, 2.05) is 50.1 Å². The molecule has 318 valence electrons. The lowest BCUT2D eigenvalue weighted by Crippen LogP contribution is -2.43. The van der Waals surface area contributed by atoms with Gasteiger partial charge in [-0.3, -0.25) is 9.59 Å². The van der Waals surface area contributed by atoms with Crippen molar-refractivity contribution in [2.75, 3.05) is 13.1 Å². The van der Waals surface area contributed by atoms with E-state index in [1.165, 1.54) is 0 Å². The molecule has 61 heavy (non-hydrogen) atoms. The number of nitrogens with two attached hydrogens (primary N) is 1. The first-order valence-corrected chi connectivity index (χ1v) is 21.3. The summed E-state index contributed by atoms with van der Waals surface area (Å²) < 4.78 is 10.7. The second-order valence-corrected chi connectivity index (χ2v) is 17.3. The van der Waals surface area contributed by atoms with Gasteiger partial charge in [-0.05, 0) is 94.4 Å². The van der Waals surface area contributed by atoms with Gasteiger partial charge in [0.2, 0.25) is 12.0 Å². The lowest BCUT2D eigenvalue weighted by atomic mass is 9.85. The van der Waals surface area contributed by atoms with Crippen LogP contribution in [-0.4, -0.2) is 78.5 Å². The molecule has 8 rings (SSSR count). The molecule has 3 aliphatic rings. The van der Waals surface area contributed by atoms with E-state index in [4.69, 9.17) is 20.2 Å².